The average Bonchev–Trinajstić information content (AvgIpc) is 3.03. The smallest absolute Gasteiger partial charge is 0.228 e. The zero-order chi connectivity index (χ0) is 13.8. The van der Waals surface area contributed by atoms with Gasteiger partial charge in [-0.25, -0.2) is 0 Å². The Labute approximate surface area is 135 Å². The van der Waals surface area contributed by atoms with Crippen LogP contribution in [0.5, 0.6) is 0 Å². The summed E-state index contributed by atoms with van der Waals surface area (Å²) in [5.41, 5.74) is 2.03. The molecule has 1 aliphatic heterocycles. The highest BCUT2D eigenvalue weighted by Crippen LogP contribution is 2.27. The molecule has 3 nitrogen and oxygen atoms in total. The lowest BCUT2D eigenvalue weighted by molar-refractivity contribution is -0.120. The highest BCUT2D eigenvalue weighted by Gasteiger charge is 2.20. The summed E-state index contributed by atoms with van der Waals surface area (Å²) in [4.78, 5) is 13.4. The molecule has 112 valence electrons. The monoisotopic (exact) mass is 322 g/mol. The molecule has 5 heteroatoms. The van der Waals surface area contributed by atoms with Gasteiger partial charge in [-0.15, -0.1) is 23.7 Å². The lowest BCUT2D eigenvalue weighted by atomic mass is 9.98. The van der Waals surface area contributed by atoms with Crippen LogP contribution in [-0.4, -0.2) is 19.0 Å². The van der Waals surface area contributed by atoms with Gasteiger partial charge in [0.05, 0.1) is 5.92 Å². The Kier molecular flexibility index (Phi) is 5.79. The SMILES string of the molecule is Cl.O=C(Nc1cccc(-c2cccs2)c1)C1CCCNC1. The molecule has 1 aliphatic rings. The lowest BCUT2D eigenvalue weighted by Gasteiger charge is -2.22. The van der Waals surface area contributed by atoms with Gasteiger partial charge in [0.25, 0.3) is 0 Å². The molecule has 21 heavy (non-hydrogen) atoms. The Bertz CT molecular complexity index is 580. The minimum atomic E-state index is 0. The van der Waals surface area contributed by atoms with Crippen molar-refractivity contribution < 1.29 is 4.79 Å². The van der Waals surface area contributed by atoms with Crippen LogP contribution < -0.4 is 10.6 Å². The maximum atomic E-state index is 12.2. The number of hydrogen-bond donors (Lipinski definition) is 2. The number of carbonyl (C=O) groups excluding carboxylic acids is 1. The van der Waals surface area contributed by atoms with E-state index in [9.17, 15) is 4.79 Å². The number of piperidine rings is 1. The fraction of sp³-hybridized carbons (Fsp3) is 0.312. The van der Waals surface area contributed by atoms with Crippen molar-refractivity contribution in [3.63, 3.8) is 0 Å². The van der Waals surface area contributed by atoms with Crippen LogP contribution >= 0.6 is 23.7 Å². The summed E-state index contributed by atoms with van der Waals surface area (Å²) in [5.74, 6) is 0.217. The highest BCUT2D eigenvalue weighted by atomic mass is 35.5. The second-order valence-electron chi connectivity index (χ2n) is 5.09. The molecule has 2 heterocycles. The van der Waals surface area contributed by atoms with Gasteiger partial charge in [-0.1, -0.05) is 18.2 Å². The summed E-state index contributed by atoms with van der Waals surface area (Å²) in [6.45, 7) is 1.81. The molecule has 0 bridgehead atoms. The number of carbonyl (C=O) groups is 1. The molecular weight excluding hydrogens is 304 g/mol. The first-order valence-corrected chi connectivity index (χ1v) is 7.86. The number of amides is 1. The summed E-state index contributed by atoms with van der Waals surface area (Å²) >= 11 is 1.71. The van der Waals surface area contributed by atoms with Crippen molar-refractivity contribution in [2.24, 2.45) is 5.92 Å². The summed E-state index contributed by atoms with van der Waals surface area (Å²) < 4.78 is 0. The van der Waals surface area contributed by atoms with Crippen LogP contribution in [0.1, 0.15) is 12.8 Å². The number of rotatable bonds is 3. The lowest BCUT2D eigenvalue weighted by Crippen LogP contribution is -2.37. The van der Waals surface area contributed by atoms with Crippen LogP contribution in [0.15, 0.2) is 41.8 Å². The van der Waals surface area contributed by atoms with Crippen molar-refractivity contribution in [3.05, 3.63) is 41.8 Å². The fourth-order valence-corrected chi connectivity index (χ4v) is 3.24. The Hall–Kier alpha value is -1.36. The van der Waals surface area contributed by atoms with E-state index in [1.807, 2.05) is 24.3 Å². The first-order chi connectivity index (χ1) is 9.83. The van der Waals surface area contributed by atoms with Crippen molar-refractivity contribution in [3.8, 4) is 10.4 Å². The minimum Gasteiger partial charge on any atom is -0.326 e. The third kappa shape index (κ3) is 4.06. The quantitative estimate of drug-likeness (QED) is 0.903. The maximum Gasteiger partial charge on any atom is 0.228 e. The Morgan fingerprint density at radius 2 is 2.19 bits per heavy atom. The van der Waals surface area contributed by atoms with Crippen molar-refractivity contribution >= 4 is 35.3 Å². The van der Waals surface area contributed by atoms with E-state index in [4.69, 9.17) is 0 Å². The normalized spacial score (nSPS) is 17.8. The Morgan fingerprint density at radius 1 is 1.29 bits per heavy atom. The molecule has 2 aromatic rings. The summed E-state index contributed by atoms with van der Waals surface area (Å²) in [6, 6.07) is 12.2. The van der Waals surface area contributed by atoms with Crippen LogP contribution in [0, 0.1) is 5.92 Å². The molecule has 1 atom stereocenters. The standard InChI is InChI=1S/C16H18N2OS.ClH/c19-16(13-5-2-8-17-11-13)18-14-6-1-4-12(10-14)15-7-3-9-20-15;/h1,3-4,6-7,9-10,13,17H,2,5,8,11H2,(H,18,19);1H. The van der Waals surface area contributed by atoms with Gasteiger partial charge in [0.2, 0.25) is 5.91 Å². The molecule has 1 amide bonds. The van der Waals surface area contributed by atoms with Gasteiger partial charge in [0, 0.05) is 17.1 Å². The van der Waals surface area contributed by atoms with Gasteiger partial charge in [-0.05, 0) is 48.5 Å². The van der Waals surface area contributed by atoms with Crippen molar-refractivity contribution in [1.29, 1.82) is 0 Å². The van der Waals surface area contributed by atoms with E-state index in [-0.39, 0.29) is 24.2 Å². The molecular formula is C16H19ClN2OS. The molecule has 0 spiro atoms. The summed E-state index contributed by atoms with van der Waals surface area (Å²) in [7, 11) is 0. The molecule has 1 aromatic heterocycles. The van der Waals surface area contributed by atoms with Gasteiger partial charge < -0.3 is 10.6 Å². The molecule has 1 saturated heterocycles. The van der Waals surface area contributed by atoms with Gasteiger partial charge in [-0.3, -0.25) is 4.79 Å². The van der Waals surface area contributed by atoms with Gasteiger partial charge in [0.1, 0.15) is 0 Å². The first kappa shape index (κ1) is 16.0. The number of halogens is 1. The zero-order valence-electron chi connectivity index (χ0n) is 11.7. The zero-order valence-corrected chi connectivity index (χ0v) is 13.3. The molecule has 1 unspecified atom stereocenters. The molecule has 0 saturated carbocycles. The van der Waals surface area contributed by atoms with E-state index in [2.05, 4.69) is 28.1 Å². The number of benzene rings is 1. The van der Waals surface area contributed by atoms with E-state index >= 15 is 0 Å². The van der Waals surface area contributed by atoms with Crippen LogP contribution in [0.3, 0.4) is 0 Å². The number of nitrogens with one attached hydrogen (secondary N) is 2. The van der Waals surface area contributed by atoms with Crippen LogP contribution in [0.4, 0.5) is 5.69 Å². The minimum absolute atomic E-state index is 0. The van der Waals surface area contributed by atoms with Crippen LogP contribution in [-0.2, 0) is 4.79 Å². The molecule has 1 fully saturated rings. The highest BCUT2D eigenvalue weighted by molar-refractivity contribution is 7.13. The molecule has 1 aromatic carbocycles. The van der Waals surface area contributed by atoms with E-state index < -0.39 is 0 Å². The van der Waals surface area contributed by atoms with Gasteiger partial charge in [-0.2, -0.15) is 0 Å². The Morgan fingerprint density at radius 3 is 2.90 bits per heavy atom. The van der Waals surface area contributed by atoms with E-state index in [1.165, 1.54) is 4.88 Å². The molecule has 0 radical (unpaired) electrons. The predicted octanol–water partition coefficient (Wildman–Crippen LogP) is 3.78. The van der Waals surface area contributed by atoms with Gasteiger partial charge >= 0.3 is 0 Å². The maximum absolute atomic E-state index is 12.2. The topological polar surface area (TPSA) is 41.1 Å². The third-order valence-corrected chi connectivity index (χ3v) is 4.52. The van der Waals surface area contributed by atoms with Crippen LogP contribution in [0.2, 0.25) is 0 Å². The van der Waals surface area contributed by atoms with Crippen molar-refractivity contribution in [2.75, 3.05) is 18.4 Å². The average molecular weight is 323 g/mol. The number of anilines is 1. The second kappa shape index (κ2) is 7.59. The molecule has 2 N–H and O–H groups in total. The molecule has 0 aliphatic carbocycles. The first-order valence-electron chi connectivity index (χ1n) is 6.98. The largest absolute Gasteiger partial charge is 0.326 e. The summed E-state index contributed by atoms with van der Waals surface area (Å²) in [6.07, 6.45) is 2.05. The third-order valence-electron chi connectivity index (χ3n) is 3.60. The van der Waals surface area contributed by atoms with Gasteiger partial charge in [0.15, 0.2) is 0 Å². The number of hydrogen-bond acceptors (Lipinski definition) is 3. The second-order valence-corrected chi connectivity index (χ2v) is 6.04. The van der Waals surface area contributed by atoms with E-state index in [0.29, 0.717) is 0 Å². The van der Waals surface area contributed by atoms with E-state index in [0.717, 1.165) is 37.2 Å². The summed E-state index contributed by atoms with van der Waals surface area (Å²) in [5, 5.41) is 8.38. The van der Waals surface area contributed by atoms with Crippen LogP contribution in [0.25, 0.3) is 10.4 Å². The molecule has 3 rings (SSSR count). The predicted molar refractivity (Wildman–Crippen MR) is 91.2 cm³/mol. The van der Waals surface area contributed by atoms with E-state index in [1.54, 1.807) is 11.3 Å². The van der Waals surface area contributed by atoms with Crippen molar-refractivity contribution in [2.45, 2.75) is 12.8 Å². The van der Waals surface area contributed by atoms with Crippen molar-refractivity contribution in [1.82, 2.24) is 5.32 Å². The number of thiophene rings is 1. The fourth-order valence-electron chi connectivity index (χ4n) is 2.51. The Balaban J connectivity index is 0.00000161.